The van der Waals surface area contributed by atoms with E-state index in [2.05, 4.69) is 25.9 Å². The molecule has 0 aliphatic carbocycles. The largest absolute Gasteiger partial charge is 0.478 e. The summed E-state index contributed by atoms with van der Waals surface area (Å²) in [5, 5.41) is 20.5. The predicted molar refractivity (Wildman–Crippen MR) is 147 cm³/mol. The van der Waals surface area contributed by atoms with Crippen LogP contribution in [-0.2, 0) is 6.54 Å². The molecule has 6 N–H and O–H groups in total. The minimum Gasteiger partial charge on any atom is -0.478 e. The number of aromatic carboxylic acids is 1. The number of nitrogens with one attached hydrogen (secondary N) is 3. The SMILES string of the molecule is Cc1cc(NCCCN)c(NCc2ncc(-c3cc(Cl)ccc3Cl)o2)c(Nc2ccccc2C(=O)O)n1. The van der Waals surface area contributed by atoms with Crippen molar-refractivity contribution in [2.24, 2.45) is 5.73 Å². The maximum absolute atomic E-state index is 11.7. The number of aryl methyl sites for hydroxylation is 1. The second kappa shape index (κ2) is 12.0. The molecular formula is C26H26Cl2N6O3. The van der Waals surface area contributed by atoms with Gasteiger partial charge in [0.2, 0.25) is 5.89 Å². The first-order valence-electron chi connectivity index (χ1n) is 11.5. The fraction of sp³-hybridized carbons (Fsp3) is 0.192. The first-order valence-corrected chi connectivity index (χ1v) is 12.3. The Morgan fingerprint density at radius 1 is 1.11 bits per heavy atom. The third-order valence-electron chi connectivity index (χ3n) is 5.42. The summed E-state index contributed by atoms with van der Waals surface area (Å²) in [4.78, 5) is 20.7. The van der Waals surface area contributed by atoms with Crippen molar-refractivity contribution in [1.82, 2.24) is 9.97 Å². The summed E-state index contributed by atoms with van der Waals surface area (Å²) in [7, 11) is 0. The highest BCUT2D eigenvalue weighted by molar-refractivity contribution is 6.35. The fourth-order valence-electron chi connectivity index (χ4n) is 3.68. The highest BCUT2D eigenvalue weighted by Gasteiger charge is 2.17. The average molecular weight is 541 g/mol. The molecule has 0 amide bonds. The molecule has 2 heterocycles. The lowest BCUT2D eigenvalue weighted by Gasteiger charge is -2.19. The number of nitrogens with zero attached hydrogens (tertiary/aromatic N) is 2. The van der Waals surface area contributed by atoms with Crippen molar-refractivity contribution in [3.05, 3.63) is 81.9 Å². The summed E-state index contributed by atoms with van der Waals surface area (Å²) in [6, 6.07) is 13.7. The van der Waals surface area contributed by atoms with Gasteiger partial charge in [0, 0.05) is 22.8 Å². The van der Waals surface area contributed by atoms with Gasteiger partial charge >= 0.3 is 5.97 Å². The molecule has 0 atom stereocenters. The summed E-state index contributed by atoms with van der Waals surface area (Å²) < 4.78 is 5.93. The zero-order chi connectivity index (χ0) is 26.4. The van der Waals surface area contributed by atoms with Gasteiger partial charge in [0.1, 0.15) is 5.69 Å². The highest BCUT2D eigenvalue weighted by Crippen LogP contribution is 2.35. The number of hydrogen-bond acceptors (Lipinski definition) is 8. The molecule has 9 nitrogen and oxygen atoms in total. The van der Waals surface area contributed by atoms with Gasteiger partial charge in [-0.15, -0.1) is 0 Å². The Balaban J connectivity index is 1.64. The normalized spacial score (nSPS) is 10.8. The Morgan fingerprint density at radius 3 is 2.70 bits per heavy atom. The number of pyridine rings is 1. The Hall–Kier alpha value is -3.79. The summed E-state index contributed by atoms with van der Waals surface area (Å²) >= 11 is 12.4. The standard InChI is InChI=1S/C26H26Cl2N6O3/c1-15-11-21(30-10-4-9-29)24(25(33-15)34-20-6-3-2-5-17(20)26(35)36)32-14-23-31-13-22(37-23)18-12-16(27)7-8-19(18)28/h2-3,5-8,11-13,32H,4,9-10,14,29H2,1H3,(H,35,36)(H2,30,33,34). The van der Waals surface area contributed by atoms with E-state index in [9.17, 15) is 9.90 Å². The van der Waals surface area contributed by atoms with Crippen molar-refractivity contribution in [1.29, 1.82) is 0 Å². The van der Waals surface area contributed by atoms with Crippen LogP contribution in [0.25, 0.3) is 11.3 Å². The Kier molecular flexibility index (Phi) is 8.50. The van der Waals surface area contributed by atoms with E-state index in [0.717, 1.165) is 17.8 Å². The third-order valence-corrected chi connectivity index (χ3v) is 5.98. The van der Waals surface area contributed by atoms with Crippen LogP contribution >= 0.6 is 23.2 Å². The number of hydrogen-bond donors (Lipinski definition) is 5. The molecule has 0 spiro atoms. The zero-order valence-corrected chi connectivity index (χ0v) is 21.5. The van der Waals surface area contributed by atoms with E-state index in [1.807, 2.05) is 13.0 Å². The van der Waals surface area contributed by atoms with Crippen LogP contribution < -0.4 is 21.7 Å². The molecule has 0 unspecified atom stereocenters. The van der Waals surface area contributed by atoms with Gasteiger partial charge in [0.05, 0.1) is 34.7 Å². The molecule has 37 heavy (non-hydrogen) atoms. The number of oxazole rings is 1. The molecule has 192 valence electrons. The van der Waals surface area contributed by atoms with Gasteiger partial charge in [-0.05, 0) is 56.3 Å². The molecule has 11 heteroatoms. The Morgan fingerprint density at radius 2 is 1.92 bits per heavy atom. The van der Waals surface area contributed by atoms with Gasteiger partial charge in [-0.1, -0.05) is 35.3 Å². The van der Waals surface area contributed by atoms with E-state index >= 15 is 0 Å². The second-order valence-corrected chi connectivity index (χ2v) is 9.02. The second-order valence-electron chi connectivity index (χ2n) is 8.18. The molecule has 2 aromatic heterocycles. The number of rotatable bonds is 11. The van der Waals surface area contributed by atoms with Gasteiger partial charge < -0.3 is 31.2 Å². The van der Waals surface area contributed by atoms with Crippen LogP contribution in [0.3, 0.4) is 0 Å². The third kappa shape index (κ3) is 6.51. The summed E-state index contributed by atoms with van der Waals surface area (Å²) in [5.41, 5.74) is 9.00. The van der Waals surface area contributed by atoms with Crippen LogP contribution in [0.15, 0.2) is 59.1 Å². The van der Waals surface area contributed by atoms with Crippen LogP contribution in [0.1, 0.15) is 28.4 Å². The minimum absolute atomic E-state index is 0.130. The van der Waals surface area contributed by atoms with Crippen LogP contribution in [-0.4, -0.2) is 34.1 Å². The molecule has 0 radical (unpaired) electrons. The van der Waals surface area contributed by atoms with Crippen molar-refractivity contribution < 1.29 is 14.3 Å². The molecule has 4 rings (SSSR count). The van der Waals surface area contributed by atoms with Crippen molar-refractivity contribution >= 4 is 52.1 Å². The smallest absolute Gasteiger partial charge is 0.337 e. The molecule has 0 saturated carbocycles. The quantitative estimate of drug-likeness (QED) is 0.141. The average Bonchev–Trinajstić information content (AvgIpc) is 3.34. The predicted octanol–water partition coefficient (Wildman–Crippen LogP) is 6.17. The first kappa shape index (κ1) is 26.3. The lowest BCUT2D eigenvalue weighted by molar-refractivity contribution is 0.0698. The van der Waals surface area contributed by atoms with E-state index < -0.39 is 5.97 Å². The maximum atomic E-state index is 11.7. The maximum Gasteiger partial charge on any atom is 0.337 e. The summed E-state index contributed by atoms with van der Waals surface area (Å²) in [6.45, 7) is 3.28. The van der Waals surface area contributed by atoms with E-state index in [4.69, 9.17) is 33.4 Å². The monoisotopic (exact) mass is 540 g/mol. The van der Waals surface area contributed by atoms with Gasteiger partial charge in [-0.25, -0.2) is 14.8 Å². The molecule has 2 aromatic carbocycles. The Labute approximate surface area is 224 Å². The van der Waals surface area contributed by atoms with E-state index in [-0.39, 0.29) is 12.1 Å². The number of aromatic nitrogens is 2. The molecule has 0 aliphatic rings. The molecule has 0 aliphatic heterocycles. The molecule has 0 fully saturated rings. The Bertz CT molecular complexity index is 1410. The number of para-hydroxylation sites is 1. The van der Waals surface area contributed by atoms with E-state index in [1.54, 1.807) is 42.6 Å². The van der Waals surface area contributed by atoms with Crippen LogP contribution in [0.4, 0.5) is 22.9 Å². The van der Waals surface area contributed by atoms with Crippen molar-refractivity contribution in [2.75, 3.05) is 29.0 Å². The highest BCUT2D eigenvalue weighted by atomic mass is 35.5. The van der Waals surface area contributed by atoms with Crippen LogP contribution in [0.5, 0.6) is 0 Å². The number of carboxylic acid groups (broad SMARTS) is 1. The molecular weight excluding hydrogens is 515 g/mol. The number of benzene rings is 2. The van der Waals surface area contributed by atoms with Crippen LogP contribution in [0.2, 0.25) is 10.0 Å². The zero-order valence-electron chi connectivity index (χ0n) is 20.0. The van der Waals surface area contributed by atoms with Crippen molar-refractivity contribution in [2.45, 2.75) is 19.9 Å². The summed E-state index contributed by atoms with van der Waals surface area (Å²) in [5.74, 6) is 0.310. The molecule has 0 saturated heterocycles. The molecule has 0 bridgehead atoms. The first-order chi connectivity index (χ1) is 17.9. The van der Waals surface area contributed by atoms with Crippen LogP contribution in [0, 0.1) is 6.92 Å². The topological polar surface area (TPSA) is 138 Å². The fourth-order valence-corrected chi connectivity index (χ4v) is 4.06. The number of anilines is 4. The van der Waals surface area contributed by atoms with E-state index in [1.165, 1.54) is 6.07 Å². The number of nitrogens with two attached hydrogens (primary N) is 1. The van der Waals surface area contributed by atoms with Gasteiger partial charge in [0.15, 0.2) is 11.6 Å². The van der Waals surface area contributed by atoms with Crippen molar-refractivity contribution in [3.8, 4) is 11.3 Å². The van der Waals surface area contributed by atoms with Gasteiger partial charge in [-0.3, -0.25) is 0 Å². The number of halogens is 2. The minimum atomic E-state index is -1.04. The lowest BCUT2D eigenvalue weighted by Crippen LogP contribution is -2.13. The van der Waals surface area contributed by atoms with Crippen molar-refractivity contribution in [3.63, 3.8) is 0 Å². The van der Waals surface area contributed by atoms with Gasteiger partial charge in [-0.2, -0.15) is 0 Å². The summed E-state index contributed by atoms with van der Waals surface area (Å²) in [6.07, 6.45) is 2.36. The van der Waals surface area contributed by atoms with E-state index in [0.29, 0.717) is 57.5 Å². The number of carbonyl (C=O) groups is 1. The lowest BCUT2D eigenvalue weighted by atomic mass is 10.1. The molecule has 4 aromatic rings. The number of carboxylic acids is 1. The van der Waals surface area contributed by atoms with Gasteiger partial charge in [0.25, 0.3) is 0 Å².